The maximum absolute atomic E-state index is 2.28. The second-order valence-electron chi connectivity index (χ2n) is 5.59. The molecule has 1 aromatic heterocycles. The highest BCUT2D eigenvalue weighted by Crippen LogP contribution is 2.34. The Morgan fingerprint density at radius 3 is 1.91 bits per heavy atom. The molecule has 0 spiro atoms. The van der Waals surface area contributed by atoms with Gasteiger partial charge in [0.2, 0.25) is 0 Å². The van der Waals surface area contributed by atoms with E-state index in [2.05, 4.69) is 86.7 Å². The van der Waals surface area contributed by atoms with Gasteiger partial charge in [0.1, 0.15) is 7.85 Å². The van der Waals surface area contributed by atoms with Gasteiger partial charge in [-0.1, -0.05) is 72.2 Å². The van der Waals surface area contributed by atoms with Gasteiger partial charge in [0.25, 0.3) is 0 Å². The predicted molar refractivity (Wildman–Crippen MR) is 101 cm³/mol. The van der Waals surface area contributed by atoms with E-state index in [0.29, 0.717) is 0 Å². The SMILES string of the molecule is Bc1ccc(-c2ccc(-c3cc4ccccc4s3)cc2)cc1. The molecule has 4 aromatic rings. The number of fused-ring (bicyclic) bond motifs is 1. The van der Waals surface area contributed by atoms with Gasteiger partial charge in [0.05, 0.1) is 0 Å². The predicted octanol–water partition coefficient (Wildman–Crippen LogP) is 4.49. The summed E-state index contributed by atoms with van der Waals surface area (Å²) >= 11 is 1.85. The Hall–Kier alpha value is -2.32. The van der Waals surface area contributed by atoms with Crippen molar-refractivity contribution >= 4 is 34.7 Å². The van der Waals surface area contributed by atoms with Crippen LogP contribution in [0.3, 0.4) is 0 Å². The van der Waals surface area contributed by atoms with Gasteiger partial charge in [-0.3, -0.25) is 0 Å². The van der Waals surface area contributed by atoms with Crippen LogP contribution in [0.15, 0.2) is 78.9 Å². The zero-order valence-corrected chi connectivity index (χ0v) is 13.2. The highest BCUT2D eigenvalue weighted by molar-refractivity contribution is 7.22. The molecule has 0 radical (unpaired) electrons. The fourth-order valence-corrected chi connectivity index (χ4v) is 3.77. The Balaban J connectivity index is 1.70. The van der Waals surface area contributed by atoms with Gasteiger partial charge in [0, 0.05) is 9.58 Å². The highest BCUT2D eigenvalue weighted by Gasteiger charge is 2.04. The Kier molecular flexibility index (Phi) is 3.32. The number of hydrogen-bond donors (Lipinski definition) is 0. The molecule has 0 N–H and O–H groups in total. The van der Waals surface area contributed by atoms with Crippen molar-refractivity contribution in [1.82, 2.24) is 0 Å². The maximum atomic E-state index is 2.28. The fourth-order valence-electron chi connectivity index (χ4n) is 2.70. The molecule has 0 atom stereocenters. The van der Waals surface area contributed by atoms with Crippen LogP contribution in [0, 0.1) is 0 Å². The van der Waals surface area contributed by atoms with Gasteiger partial charge >= 0.3 is 0 Å². The molecule has 104 valence electrons. The van der Waals surface area contributed by atoms with Crippen molar-refractivity contribution in [2.24, 2.45) is 0 Å². The second-order valence-corrected chi connectivity index (χ2v) is 6.68. The summed E-state index contributed by atoms with van der Waals surface area (Å²) in [5.41, 5.74) is 5.13. The Labute approximate surface area is 135 Å². The number of rotatable bonds is 2. The van der Waals surface area contributed by atoms with Gasteiger partial charge < -0.3 is 0 Å². The minimum absolute atomic E-state index is 1.27. The second kappa shape index (κ2) is 5.47. The van der Waals surface area contributed by atoms with Crippen LogP contribution in [0.2, 0.25) is 0 Å². The highest BCUT2D eigenvalue weighted by atomic mass is 32.1. The Bertz CT molecular complexity index is 885. The normalized spacial score (nSPS) is 10.9. The van der Waals surface area contributed by atoms with Crippen LogP contribution < -0.4 is 5.46 Å². The molecule has 2 heteroatoms. The Morgan fingerprint density at radius 2 is 1.23 bits per heavy atom. The standard InChI is InChI=1S/C20H15BS/c21-18-11-9-15(10-12-18)14-5-7-16(8-6-14)20-13-17-3-1-2-4-19(17)22-20/h1-13H,21H2. The molecular formula is C20H15BS. The molecule has 0 unspecified atom stereocenters. The average Bonchev–Trinajstić information content (AvgIpc) is 3.00. The summed E-state index contributed by atoms with van der Waals surface area (Å²) in [7, 11) is 2.12. The first-order valence-electron chi connectivity index (χ1n) is 7.46. The van der Waals surface area contributed by atoms with Gasteiger partial charge in [-0.15, -0.1) is 11.3 Å². The van der Waals surface area contributed by atoms with E-state index in [1.807, 2.05) is 11.3 Å². The average molecular weight is 298 g/mol. The van der Waals surface area contributed by atoms with Crippen LogP contribution in [-0.2, 0) is 0 Å². The zero-order chi connectivity index (χ0) is 14.9. The van der Waals surface area contributed by atoms with E-state index in [1.54, 1.807) is 0 Å². The van der Waals surface area contributed by atoms with E-state index in [-0.39, 0.29) is 0 Å². The first kappa shape index (κ1) is 13.4. The summed E-state index contributed by atoms with van der Waals surface area (Å²) in [4.78, 5) is 1.33. The third kappa shape index (κ3) is 2.47. The lowest BCUT2D eigenvalue weighted by atomic mass is 9.93. The van der Waals surface area contributed by atoms with Crippen LogP contribution in [-0.4, -0.2) is 7.85 Å². The maximum Gasteiger partial charge on any atom is 0.139 e. The van der Waals surface area contributed by atoms with E-state index >= 15 is 0 Å². The molecule has 0 nitrogen and oxygen atoms in total. The molecular weight excluding hydrogens is 283 g/mol. The van der Waals surface area contributed by atoms with E-state index in [1.165, 1.54) is 37.1 Å². The lowest BCUT2D eigenvalue weighted by Crippen LogP contribution is -1.99. The van der Waals surface area contributed by atoms with Crippen molar-refractivity contribution in [3.8, 4) is 21.6 Å². The molecule has 4 rings (SSSR count). The summed E-state index contributed by atoms with van der Waals surface area (Å²) in [5, 5.41) is 1.32. The number of thiophene rings is 1. The van der Waals surface area contributed by atoms with Crippen molar-refractivity contribution in [2.75, 3.05) is 0 Å². The summed E-state index contributed by atoms with van der Waals surface area (Å²) in [5.74, 6) is 0. The van der Waals surface area contributed by atoms with Crippen LogP contribution in [0.1, 0.15) is 0 Å². The molecule has 0 aliphatic heterocycles. The lowest BCUT2D eigenvalue weighted by Gasteiger charge is -2.04. The molecule has 3 aromatic carbocycles. The largest absolute Gasteiger partial charge is 0.139 e. The van der Waals surface area contributed by atoms with E-state index < -0.39 is 0 Å². The smallest absolute Gasteiger partial charge is 0.135 e. The molecule has 0 saturated heterocycles. The van der Waals surface area contributed by atoms with Gasteiger partial charge in [-0.2, -0.15) is 0 Å². The topological polar surface area (TPSA) is 0 Å². The van der Waals surface area contributed by atoms with Gasteiger partial charge in [-0.25, -0.2) is 0 Å². The molecule has 0 aliphatic rings. The van der Waals surface area contributed by atoms with Gasteiger partial charge in [0.15, 0.2) is 0 Å². The minimum Gasteiger partial charge on any atom is -0.135 e. The first-order chi connectivity index (χ1) is 10.8. The van der Waals surface area contributed by atoms with Crippen molar-refractivity contribution in [3.05, 3.63) is 78.9 Å². The molecule has 0 saturated carbocycles. The third-order valence-corrected chi connectivity index (χ3v) is 5.15. The molecule has 0 bridgehead atoms. The quantitative estimate of drug-likeness (QED) is 0.478. The van der Waals surface area contributed by atoms with E-state index in [4.69, 9.17) is 0 Å². The summed E-state index contributed by atoms with van der Waals surface area (Å²) < 4.78 is 1.35. The molecule has 22 heavy (non-hydrogen) atoms. The van der Waals surface area contributed by atoms with Crippen LogP contribution in [0.4, 0.5) is 0 Å². The van der Waals surface area contributed by atoms with Crippen molar-refractivity contribution in [2.45, 2.75) is 0 Å². The third-order valence-electron chi connectivity index (χ3n) is 3.98. The number of benzene rings is 3. The van der Waals surface area contributed by atoms with E-state index in [9.17, 15) is 0 Å². The van der Waals surface area contributed by atoms with E-state index in [0.717, 1.165) is 0 Å². The molecule has 1 heterocycles. The summed E-state index contributed by atoms with van der Waals surface area (Å²) in [6.07, 6.45) is 0. The molecule has 0 fully saturated rings. The summed E-state index contributed by atoms with van der Waals surface area (Å²) in [6.45, 7) is 0. The number of hydrogen-bond acceptors (Lipinski definition) is 1. The molecule has 0 aliphatic carbocycles. The Morgan fingerprint density at radius 1 is 0.636 bits per heavy atom. The minimum atomic E-state index is 1.27. The monoisotopic (exact) mass is 298 g/mol. The summed E-state index contributed by atoms with van der Waals surface area (Å²) in [6, 6.07) is 28.4. The van der Waals surface area contributed by atoms with Crippen molar-refractivity contribution in [1.29, 1.82) is 0 Å². The molecule has 0 amide bonds. The fraction of sp³-hybridized carbons (Fsp3) is 0. The lowest BCUT2D eigenvalue weighted by molar-refractivity contribution is 1.63. The van der Waals surface area contributed by atoms with Crippen LogP contribution in [0.5, 0.6) is 0 Å². The van der Waals surface area contributed by atoms with Crippen molar-refractivity contribution in [3.63, 3.8) is 0 Å². The van der Waals surface area contributed by atoms with Gasteiger partial charge in [-0.05, 0) is 34.2 Å². The van der Waals surface area contributed by atoms with Crippen molar-refractivity contribution < 1.29 is 0 Å². The first-order valence-corrected chi connectivity index (χ1v) is 8.27. The van der Waals surface area contributed by atoms with Crippen LogP contribution in [0.25, 0.3) is 31.7 Å². The zero-order valence-electron chi connectivity index (χ0n) is 12.4. The van der Waals surface area contributed by atoms with Crippen LogP contribution >= 0.6 is 11.3 Å².